The highest BCUT2D eigenvalue weighted by Gasteiger charge is 2.17. The van der Waals surface area contributed by atoms with Gasteiger partial charge in [-0.1, -0.05) is 29.8 Å². The molecule has 1 aromatic rings. The molecule has 5 heteroatoms. The minimum atomic E-state index is -0.313. The summed E-state index contributed by atoms with van der Waals surface area (Å²) in [6.07, 6.45) is 3.79. The second-order valence-corrected chi connectivity index (χ2v) is 5.02. The van der Waals surface area contributed by atoms with Crippen LogP contribution in [0.3, 0.4) is 0 Å². The molecule has 1 amide bonds. The SMILES string of the molecule is CC(C)C(CCBr)NC(=O)c1c[nH]ccc1=O. The largest absolute Gasteiger partial charge is 0.367 e. The van der Waals surface area contributed by atoms with Gasteiger partial charge in [0, 0.05) is 29.8 Å². The van der Waals surface area contributed by atoms with Gasteiger partial charge in [-0.15, -0.1) is 0 Å². The van der Waals surface area contributed by atoms with E-state index in [-0.39, 0.29) is 22.9 Å². The Morgan fingerprint density at radius 3 is 2.76 bits per heavy atom. The van der Waals surface area contributed by atoms with Crippen molar-refractivity contribution < 1.29 is 4.79 Å². The van der Waals surface area contributed by atoms with E-state index in [0.717, 1.165) is 11.8 Å². The van der Waals surface area contributed by atoms with Gasteiger partial charge in [-0.3, -0.25) is 9.59 Å². The molecule has 1 heterocycles. The lowest BCUT2D eigenvalue weighted by atomic mass is 10.0. The van der Waals surface area contributed by atoms with E-state index >= 15 is 0 Å². The van der Waals surface area contributed by atoms with Crippen LogP contribution in [0.15, 0.2) is 23.3 Å². The Morgan fingerprint density at radius 1 is 1.53 bits per heavy atom. The topological polar surface area (TPSA) is 62.0 Å². The van der Waals surface area contributed by atoms with Crippen LogP contribution in [-0.2, 0) is 0 Å². The Kier molecular flexibility index (Phi) is 5.41. The van der Waals surface area contributed by atoms with Crippen LogP contribution in [0.2, 0.25) is 0 Å². The van der Waals surface area contributed by atoms with E-state index in [1.807, 2.05) is 13.8 Å². The van der Waals surface area contributed by atoms with Crippen molar-refractivity contribution in [3.8, 4) is 0 Å². The number of pyridine rings is 1. The molecule has 0 aliphatic carbocycles. The molecule has 0 fully saturated rings. The number of alkyl halides is 1. The van der Waals surface area contributed by atoms with Crippen LogP contribution in [0.4, 0.5) is 0 Å². The zero-order chi connectivity index (χ0) is 12.8. The highest BCUT2D eigenvalue weighted by molar-refractivity contribution is 9.09. The van der Waals surface area contributed by atoms with E-state index in [0.29, 0.717) is 5.92 Å². The molecule has 1 unspecified atom stereocenters. The van der Waals surface area contributed by atoms with Crippen molar-refractivity contribution in [3.05, 3.63) is 34.2 Å². The van der Waals surface area contributed by atoms with E-state index in [2.05, 4.69) is 26.2 Å². The number of rotatable bonds is 5. The normalized spacial score (nSPS) is 12.5. The molecule has 1 atom stereocenters. The Morgan fingerprint density at radius 2 is 2.24 bits per heavy atom. The van der Waals surface area contributed by atoms with E-state index in [4.69, 9.17) is 0 Å². The van der Waals surface area contributed by atoms with Crippen molar-refractivity contribution in [1.29, 1.82) is 0 Å². The summed E-state index contributed by atoms with van der Waals surface area (Å²) in [6, 6.07) is 1.42. The highest BCUT2D eigenvalue weighted by Crippen LogP contribution is 2.08. The van der Waals surface area contributed by atoms with Crippen molar-refractivity contribution in [2.75, 3.05) is 5.33 Å². The molecule has 0 radical (unpaired) electrons. The fourth-order valence-electron chi connectivity index (χ4n) is 1.53. The summed E-state index contributed by atoms with van der Waals surface area (Å²) < 4.78 is 0. The third-order valence-electron chi connectivity index (χ3n) is 2.61. The summed E-state index contributed by atoms with van der Waals surface area (Å²) in [5.74, 6) is 0.0193. The summed E-state index contributed by atoms with van der Waals surface area (Å²) in [7, 11) is 0. The average molecular weight is 301 g/mol. The molecule has 0 saturated carbocycles. The van der Waals surface area contributed by atoms with Gasteiger partial charge in [-0.05, 0) is 12.3 Å². The van der Waals surface area contributed by atoms with E-state index in [9.17, 15) is 9.59 Å². The van der Waals surface area contributed by atoms with Crippen LogP contribution in [-0.4, -0.2) is 22.3 Å². The third kappa shape index (κ3) is 4.00. The Labute approximate surface area is 109 Å². The average Bonchev–Trinajstić information content (AvgIpc) is 2.28. The predicted molar refractivity (Wildman–Crippen MR) is 71.6 cm³/mol. The fourth-order valence-corrected chi connectivity index (χ4v) is 2.02. The van der Waals surface area contributed by atoms with Crippen LogP contribution >= 0.6 is 15.9 Å². The number of H-pyrrole nitrogens is 1. The Hall–Kier alpha value is -1.10. The molecule has 0 saturated heterocycles. The first-order valence-electron chi connectivity index (χ1n) is 5.60. The summed E-state index contributed by atoms with van der Waals surface area (Å²) in [6.45, 7) is 4.09. The van der Waals surface area contributed by atoms with Crippen LogP contribution in [0.1, 0.15) is 30.6 Å². The molecular formula is C12H17BrN2O2. The van der Waals surface area contributed by atoms with Crippen molar-refractivity contribution in [3.63, 3.8) is 0 Å². The number of hydrogen-bond acceptors (Lipinski definition) is 2. The minimum Gasteiger partial charge on any atom is -0.367 e. The molecular weight excluding hydrogens is 284 g/mol. The number of hydrogen-bond donors (Lipinski definition) is 2. The monoisotopic (exact) mass is 300 g/mol. The number of carbonyl (C=O) groups is 1. The van der Waals surface area contributed by atoms with Gasteiger partial charge >= 0.3 is 0 Å². The van der Waals surface area contributed by atoms with Crippen LogP contribution < -0.4 is 10.7 Å². The summed E-state index contributed by atoms with van der Waals surface area (Å²) in [5, 5.41) is 3.71. The van der Waals surface area contributed by atoms with Crippen LogP contribution in [0, 0.1) is 5.92 Å². The van der Waals surface area contributed by atoms with Crippen molar-refractivity contribution in [1.82, 2.24) is 10.3 Å². The molecule has 1 aromatic heterocycles. The minimum absolute atomic E-state index is 0.0708. The maximum Gasteiger partial charge on any atom is 0.256 e. The van der Waals surface area contributed by atoms with E-state index in [1.165, 1.54) is 18.5 Å². The molecule has 0 spiro atoms. The summed E-state index contributed by atoms with van der Waals surface area (Å²) in [5.41, 5.74) is -0.102. The van der Waals surface area contributed by atoms with Crippen LogP contribution in [0.5, 0.6) is 0 Å². The molecule has 1 rings (SSSR count). The van der Waals surface area contributed by atoms with Gasteiger partial charge in [0.2, 0.25) is 0 Å². The third-order valence-corrected chi connectivity index (χ3v) is 3.07. The number of carbonyl (C=O) groups excluding carboxylic acids is 1. The van der Waals surface area contributed by atoms with Gasteiger partial charge < -0.3 is 10.3 Å². The molecule has 17 heavy (non-hydrogen) atoms. The second-order valence-electron chi connectivity index (χ2n) is 4.22. The number of halogens is 1. The predicted octanol–water partition coefficient (Wildman–Crippen LogP) is 1.91. The van der Waals surface area contributed by atoms with Gasteiger partial charge in [0.1, 0.15) is 5.56 Å². The number of amides is 1. The molecule has 94 valence electrons. The number of aromatic amines is 1. The van der Waals surface area contributed by atoms with Crippen LogP contribution in [0.25, 0.3) is 0 Å². The molecule has 0 aromatic carbocycles. The number of nitrogens with one attached hydrogen (secondary N) is 2. The van der Waals surface area contributed by atoms with Gasteiger partial charge in [0.05, 0.1) is 0 Å². The smallest absolute Gasteiger partial charge is 0.256 e. The maximum atomic E-state index is 11.9. The first kappa shape index (κ1) is 14.0. The van der Waals surface area contributed by atoms with Crippen molar-refractivity contribution in [2.24, 2.45) is 5.92 Å². The van der Waals surface area contributed by atoms with E-state index in [1.54, 1.807) is 0 Å². The lowest BCUT2D eigenvalue weighted by Crippen LogP contribution is -2.40. The fraction of sp³-hybridized carbons (Fsp3) is 0.500. The van der Waals surface area contributed by atoms with E-state index < -0.39 is 0 Å². The van der Waals surface area contributed by atoms with Crippen molar-refractivity contribution >= 4 is 21.8 Å². The quantitative estimate of drug-likeness (QED) is 0.816. The van der Waals surface area contributed by atoms with Gasteiger partial charge in [-0.2, -0.15) is 0 Å². The maximum absolute atomic E-state index is 11.9. The molecule has 0 aliphatic heterocycles. The lowest BCUT2D eigenvalue weighted by Gasteiger charge is -2.21. The Balaban J connectivity index is 2.78. The zero-order valence-corrected chi connectivity index (χ0v) is 11.6. The number of aromatic nitrogens is 1. The second kappa shape index (κ2) is 6.59. The first-order chi connectivity index (χ1) is 8.06. The Bertz CT molecular complexity index is 429. The molecule has 0 aliphatic rings. The first-order valence-corrected chi connectivity index (χ1v) is 6.72. The van der Waals surface area contributed by atoms with Gasteiger partial charge in [-0.25, -0.2) is 0 Å². The van der Waals surface area contributed by atoms with Gasteiger partial charge in [0.15, 0.2) is 5.43 Å². The zero-order valence-electron chi connectivity index (χ0n) is 10.00. The summed E-state index contributed by atoms with van der Waals surface area (Å²) >= 11 is 3.36. The van der Waals surface area contributed by atoms with Crippen molar-refractivity contribution in [2.45, 2.75) is 26.3 Å². The molecule has 4 nitrogen and oxygen atoms in total. The highest BCUT2D eigenvalue weighted by atomic mass is 79.9. The summed E-state index contributed by atoms with van der Waals surface area (Å²) in [4.78, 5) is 26.1. The molecule has 2 N–H and O–H groups in total. The standard InChI is InChI=1S/C12H17BrN2O2/c1-8(2)10(3-5-13)15-12(17)9-7-14-6-4-11(9)16/h4,6-8,10H,3,5H2,1-2H3,(H,14,16)(H,15,17). The van der Waals surface area contributed by atoms with Gasteiger partial charge in [0.25, 0.3) is 5.91 Å². The lowest BCUT2D eigenvalue weighted by molar-refractivity contribution is 0.0923. The molecule has 0 bridgehead atoms.